The first-order valence-electron chi connectivity index (χ1n) is 9.14. The Kier molecular flexibility index (Phi) is 6.13. The van der Waals surface area contributed by atoms with Crippen LogP contribution in [0, 0.1) is 10.1 Å². The number of nitro groups is 1. The number of ether oxygens (including phenoxy) is 1. The molecule has 0 aliphatic rings. The van der Waals surface area contributed by atoms with Gasteiger partial charge in [-0.15, -0.1) is 0 Å². The van der Waals surface area contributed by atoms with Crippen LogP contribution >= 0.6 is 0 Å². The number of nitrogens with two attached hydrogens (primary N) is 1. The van der Waals surface area contributed by atoms with Crippen LogP contribution in [0.3, 0.4) is 0 Å². The number of benzene rings is 2. The molecule has 2 aromatic carbocycles. The topological polar surface area (TPSA) is 147 Å². The van der Waals surface area contributed by atoms with Crippen molar-refractivity contribution in [1.82, 2.24) is 9.55 Å². The maximum absolute atomic E-state index is 12.3. The van der Waals surface area contributed by atoms with E-state index in [9.17, 15) is 23.3 Å². The Hall–Kier alpha value is -3.31. The Morgan fingerprint density at radius 2 is 2.03 bits per heavy atom. The molecule has 2 N–H and O–H groups in total. The van der Waals surface area contributed by atoms with E-state index in [0.717, 1.165) is 18.9 Å². The van der Waals surface area contributed by atoms with Gasteiger partial charge in [0.1, 0.15) is 12.4 Å². The first kappa shape index (κ1) is 21.4. The molecule has 3 aromatic rings. The summed E-state index contributed by atoms with van der Waals surface area (Å²) in [5.74, 6) is -0.290. The van der Waals surface area contributed by atoms with Gasteiger partial charge in [-0.25, -0.2) is 23.3 Å². The molecule has 30 heavy (non-hydrogen) atoms. The first-order valence-corrected chi connectivity index (χ1v) is 10.7. The molecule has 0 fully saturated rings. The third-order valence-electron chi connectivity index (χ3n) is 4.49. The highest BCUT2D eigenvalue weighted by atomic mass is 32.2. The Balaban J connectivity index is 1.89. The molecule has 0 spiro atoms. The minimum Gasteiger partial charge on any atom is -0.454 e. The number of hydrogen-bond donors (Lipinski definition) is 1. The van der Waals surface area contributed by atoms with E-state index in [1.54, 1.807) is 6.07 Å². The predicted octanol–water partition coefficient (Wildman–Crippen LogP) is 2.75. The monoisotopic (exact) mass is 432 g/mol. The van der Waals surface area contributed by atoms with E-state index in [1.807, 2.05) is 11.5 Å². The van der Waals surface area contributed by atoms with Gasteiger partial charge in [0.2, 0.25) is 10.0 Å². The van der Waals surface area contributed by atoms with Crippen LogP contribution in [0.15, 0.2) is 47.4 Å². The quantitative estimate of drug-likeness (QED) is 0.327. The number of unbranched alkanes of at least 4 members (excludes halogenated alkanes) is 1. The summed E-state index contributed by atoms with van der Waals surface area (Å²) < 4.78 is 30.4. The van der Waals surface area contributed by atoms with Gasteiger partial charge in [0.25, 0.3) is 5.69 Å². The molecule has 0 aliphatic heterocycles. The molecular weight excluding hydrogens is 412 g/mol. The molecular formula is C19H20N4O6S. The molecule has 1 heterocycles. The lowest BCUT2D eigenvalue weighted by atomic mass is 10.2. The molecule has 0 radical (unpaired) electrons. The number of rotatable bonds is 8. The summed E-state index contributed by atoms with van der Waals surface area (Å²) in [5, 5.41) is 16.1. The number of carbonyl (C=O) groups is 1. The van der Waals surface area contributed by atoms with Crippen molar-refractivity contribution in [2.45, 2.75) is 37.8 Å². The average molecular weight is 432 g/mol. The summed E-state index contributed by atoms with van der Waals surface area (Å²) in [6.45, 7) is 2.45. The maximum Gasteiger partial charge on any atom is 0.338 e. The molecule has 10 nitrogen and oxygen atoms in total. The van der Waals surface area contributed by atoms with Gasteiger partial charge in [0, 0.05) is 18.7 Å². The Morgan fingerprint density at radius 3 is 2.70 bits per heavy atom. The van der Waals surface area contributed by atoms with Gasteiger partial charge in [0.05, 0.1) is 26.4 Å². The number of non-ortho nitro benzene ring substituents is 1. The van der Waals surface area contributed by atoms with Gasteiger partial charge in [-0.05, 0) is 30.7 Å². The fourth-order valence-corrected chi connectivity index (χ4v) is 3.51. The number of hydrogen-bond acceptors (Lipinski definition) is 7. The molecule has 3 rings (SSSR count). The van der Waals surface area contributed by atoms with Crippen molar-refractivity contribution in [1.29, 1.82) is 0 Å². The number of aromatic nitrogens is 2. The first-order chi connectivity index (χ1) is 14.2. The van der Waals surface area contributed by atoms with Crippen molar-refractivity contribution in [2.24, 2.45) is 5.14 Å². The largest absolute Gasteiger partial charge is 0.454 e. The van der Waals surface area contributed by atoms with Crippen molar-refractivity contribution < 1.29 is 22.9 Å². The smallest absolute Gasteiger partial charge is 0.338 e. The number of aryl methyl sites for hydroxylation is 1. The number of esters is 1. The zero-order chi connectivity index (χ0) is 21.9. The molecule has 0 aliphatic carbocycles. The van der Waals surface area contributed by atoms with Crippen molar-refractivity contribution in [2.75, 3.05) is 0 Å². The number of sulfonamides is 1. The van der Waals surface area contributed by atoms with Crippen LogP contribution in [0.4, 0.5) is 5.69 Å². The molecule has 158 valence electrons. The molecule has 0 atom stereocenters. The summed E-state index contributed by atoms with van der Waals surface area (Å²) in [7, 11) is -3.88. The summed E-state index contributed by atoms with van der Waals surface area (Å²) >= 11 is 0. The van der Waals surface area contributed by atoms with Crippen molar-refractivity contribution in [3.63, 3.8) is 0 Å². The number of primary sulfonamides is 1. The second-order valence-corrected chi connectivity index (χ2v) is 8.17. The third-order valence-corrected chi connectivity index (χ3v) is 5.40. The van der Waals surface area contributed by atoms with Crippen LogP contribution in [-0.2, 0) is 27.9 Å². The lowest BCUT2D eigenvalue weighted by molar-refractivity contribution is -0.384. The molecule has 1 aromatic heterocycles. The van der Waals surface area contributed by atoms with Gasteiger partial charge in [-0.3, -0.25) is 10.1 Å². The zero-order valence-electron chi connectivity index (χ0n) is 16.1. The van der Waals surface area contributed by atoms with Crippen LogP contribution in [0.2, 0.25) is 0 Å². The van der Waals surface area contributed by atoms with Crippen LogP contribution in [0.25, 0.3) is 11.0 Å². The Bertz CT molecular complexity index is 1220. The Labute approximate surface area is 172 Å². The van der Waals surface area contributed by atoms with Crippen LogP contribution in [0.5, 0.6) is 0 Å². The summed E-state index contributed by atoms with van der Waals surface area (Å²) in [5.41, 5.74) is 0.948. The van der Waals surface area contributed by atoms with E-state index < -0.39 is 20.9 Å². The molecule has 0 bridgehead atoms. The van der Waals surface area contributed by atoms with Crippen molar-refractivity contribution in [3.05, 3.63) is 64.0 Å². The lowest BCUT2D eigenvalue weighted by Gasteiger charge is -2.09. The highest BCUT2D eigenvalue weighted by Crippen LogP contribution is 2.22. The second kappa shape index (κ2) is 8.59. The van der Waals surface area contributed by atoms with E-state index in [4.69, 9.17) is 9.88 Å². The van der Waals surface area contributed by atoms with Gasteiger partial charge < -0.3 is 9.30 Å². The number of carbonyl (C=O) groups excluding carboxylic acids is 1. The molecule has 0 saturated carbocycles. The zero-order valence-corrected chi connectivity index (χ0v) is 17.0. The fraction of sp³-hybridized carbons (Fsp3) is 0.263. The average Bonchev–Trinajstić information content (AvgIpc) is 3.06. The highest BCUT2D eigenvalue weighted by molar-refractivity contribution is 7.89. The number of nitrogens with zero attached hydrogens (tertiary/aromatic N) is 3. The third kappa shape index (κ3) is 4.63. The Morgan fingerprint density at radius 1 is 1.27 bits per heavy atom. The van der Waals surface area contributed by atoms with E-state index >= 15 is 0 Å². The fourth-order valence-electron chi connectivity index (χ4n) is 2.97. The van der Waals surface area contributed by atoms with Gasteiger partial charge in [-0.1, -0.05) is 19.4 Å². The second-order valence-electron chi connectivity index (χ2n) is 6.61. The molecule has 11 heteroatoms. The highest BCUT2D eigenvalue weighted by Gasteiger charge is 2.17. The van der Waals surface area contributed by atoms with Crippen molar-refractivity contribution >= 4 is 32.7 Å². The van der Waals surface area contributed by atoms with E-state index in [0.29, 0.717) is 23.4 Å². The molecule has 0 amide bonds. The normalized spacial score (nSPS) is 11.5. The minimum atomic E-state index is -3.88. The minimum absolute atomic E-state index is 0.0527. The van der Waals surface area contributed by atoms with E-state index in [-0.39, 0.29) is 22.8 Å². The van der Waals surface area contributed by atoms with E-state index in [2.05, 4.69) is 4.98 Å². The maximum atomic E-state index is 12.3. The van der Waals surface area contributed by atoms with Gasteiger partial charge in [0.15, 0.2) is 0 Å². The van der Waals surface area contributed by atoms with Crippen molar-refractivity contribution in [3.8, 4) is 0 Å². The van der Waals surface area contributed by atoms with Crippen LogP contribution in [0.1, 0.15) is 35.9 Å². The van der Waals surface area contributed by atoms with E-state index in [1.165, 1.54) is 30.3 Å². The summed E-state index contributed by atoms with van der Waals surface area (Å²) in [6.07, 6.45) is 1.76. The van der Waals surface area contributed by atoms with Gasteiger partial charge in [-0.2, -0.15) is 0 Å². The summed E-state index contributed by atoms with van der Waals surface area (Å²) in [4.78, 5) is 27.0. The number of fused-ring (bicyclic) bond motifs is 1. The lowest BCUT2D eigenvalue weighted by Crippen LogP contribution is -2.12. The van der Waals surface area contributed by atoms with Gasteiger partial charge >= 0.3 is 5.97 Å². The molecule has 0 saturated heterocycles. The SMILES string of the molecule is CCCCn1c(COC(=O)c2cccc([N+](=O)[O-])c2)nc2cc(S(N)(=O)=O)ccc21. The number of nitro benzene ring substituents is 1. The summed E-state index contributed by atoms with van der Waals surface area (Å²) in [6, 6.07) is 9.64. The molecule has 0 unspecified atom stereocenters. The standard InChI is InChI=1S/C19H20N4O6S/c1-2-3-9-22-17-8-7-15(30(20,27)28)11-16(17)21-18(22)12-29-19(24)13-5-4-6-14(10-13)23(25)26/h4-8,10-11H,2-3,9,12H2,1H3,(H2,20,27,28). The predicted molar refractivity (Wildman–Crippen MR) is 108 cm³/mol. The van der Waals surface area contributed by atoms with Crippen LogP contribution in [-0.4, -0.2) is 28.9 Å². The van der Waals surface area contributed by atoms with Crippen LogP contribution < -0.4 is 5.14 Å². The number of imidazole rings is 1.